The van der Waals surface area contributed by atoms with Gasteiger partial charge in [-0.3, -0.25) is 9.59 Å². The van der Waals surface area contributed by atoms with Crippen LogP contribution in [-0.2, 0) is 28.9 Å². The number of hydrogen-bond acceptors (Lipinski definition) is 3. The Bertz CT molecular complexity index is 1490. The van der Waals surface area contributed by atoms with E-state index in [0.717, 1.165) is 22.3 Å². The lowest BCUT2D eigenvalue weighted by molar-refractivity contribution is -0.127. The van der Waals surface area contributed by atoms with E-state index in [0.29, 0.717) is 35.2 Å². The smallest absolute Gasteiger partial charge is 0.249 e. The van der Waals surface area contributed by atoms with Gasteiger partial charge in [0.15, 0.2) is 0 Å². The SMILES string of the molecule is COc1ccc(N(C)C(=O)C2Cc3cccc(c3)C/C=C\c3[nH]c4ccc(F)cc4c3CC(=O)N2)cc1. The number of methoxy groups -OCH3 is 1. The first-order valence-electron chi connectivity index (χ1n) is 12.2. The van der Waals surface area contributed by atoms with Crippen molar-refractivity contribution >= 4 is 34.5 Å². The van der Waals surface area contributed by atoms with E-state index in [2.05, 4.69) is 16.4 Å². The normalized spacial score (nSPS) is 16.5. The summed E-state index contributed by atoms with van der Waals surface area (Å²) in [5.41, 5.74) is 4.95. The van der Waals surface area contributed by atoms with Gasteiger partial charge < -0.3 is 19.9 Å². The highest BCUT2D eigenvalue weighted by atomic mass is 19.1. The maximum absolute atomic E-state index is 14.1. The number of likely N-dealkylation sites (N-methyl/N-ethyl adjacent to an activating group) is 1. The summed E-state index contributed by atoms with van der Waals surface area (Å²) in [6.45, 7) is 0. The molecule has 0 fully saturated rings. The number of rotatable bonds is 3. The summed E-state index contributed by atoms with van der Waals surface area (Å²) in [4.78, 5) is 31.8. The van der Waals surface area contributed by atoms with E-state index in [-0.39, 0.29) is 24.1 Å². The van der Waals surface area contributed by atoms with Gasteiger partial charge in [0, 0.05) is 35.8 Å². The molecule has 1 atom stereocenters. The first-order chi connectivity index (χ1) is 17.9. The second-order valence-corrected chi connectivity index (χ2v) is 9.23. The molecule has 3 aromatic carbocycles. The molecule has 0 radical (unpaired) electrons. The molecule has 0 saturated heterocycles. The Morgan fingerprint density at radius 1 is 1.05 bits per heavy atom. The van der Waals surface area contributed by atoms with Crippen molar-refractivity contribution in [3.05, 3.63) is 101 Å². The van der Waals surface area contributed by atoms with Crippen LogP contribution >= 0.6 is 0 Å². The zero-order valence-electron chi connectivity index (χ0n) is 20.8. The van der Waals surface area contributed by atoms with Gasteiger partial charge in [-0.15, -0.1) is 0 Å². The molecule has 2 N–H and O–H groups in total. The van der Waals surface area contributed by atoms with Crippen molar-refractivity contribution < 1.29 is 18.7 Å². The third kappa shape index (κ3) is 5.26. The Balaban J connectivity index is 1.51. The quantitative estimate of drug-likeness (QED) is 0.426. The Morgan fingerprint density at radius 2 is 1.84 bits per heavy atom. The zero-order chi connectivity index (χ0) is 25.9. The average Bonchev–Trinajstić information content (AvgIpc) is 3.23. The molecular weight excluding hydrogens is 469 g/mol. The summed E-state index contributed by atoms with van der Waals surface area (Å²) in [6.07, 6.45) is 5.00. The maximum atomic E-state index is 14.1. The van der Waals surface area contributed by atoms with Crippen LogP contribution in [0.25, 0.3) is 17.0 Å². The molecule has 0 aliphatic carbocycles. The molecule has 2 amide bonds. The number of H-pyrrole nitrogens is 1. The highest BCUT2D eigenvalue weighted by Gasteiger charge is 2.26. The van der Waals surface area contributed by atoms with Gasteiger partial charge in [0.05, 0.1) is 13.5 Å². The van der Waals surface area contributed by atoms with Crippen molar-refractivity contribution in [2.24, 2.45) is 0 Å². The molecule has 5 rings (SSSR count). The topological polar surface area (TPSA) is 74.4 Å². The molecule has 188 valence electrons. The molecule has 1 aromatic heterocycles. The third-order valence-corrected chi connectivity index (χ3v) is 6.73. The fourth-order valence-corrected chi connectivity index (χ4v) is 4.78. The number of ether oxygens (including phenoxy) is 1. The van der Waals surface area contributed by atoms with Crippen LogP contribution in [0.3, 0.4) is 0 Å². The van der Waals surface area contributed by atoms with E-state index in [1.54, 1.807) is 49.4 Å². The zero-order valence-corrected chi connectivity index (χ0v) is 20.8. The summed E-state index contributed by atoms with van der Waals surface area (Å²) >= 11 is 0. The van der Waals surface area contributed by atoms with Crippen LogP contribution in [0.5, 0.6) is 5.75 Å². The summed E-state index contributed by atoms with van der Waals surface area (Å²) in [6, 6.07) is 18.9. The number of benzene rings is 3. The molecule has 0 saturated carbocycles. The lowest BCUT2D eigenvalue weighted by Gasteiger charge is -2.25. The summed E-state index contributed by atoms with van der Waals surface area (Å²) < 4.78 is 19.3. The Kier molecular flexibility index (Phi) is 6.77. The van der Waals surface area contributed by atoms with Crippen LogP contribution in [0.2, 0.25) is 0 Å². The average molecular weight is 498 g/mol. The molecule has 2 heterocycles. The number of halogens is 1. The Labute approximate surface area is 214 Å². The number of fused-ring (bicyclic) bond motifs is 5. The van der Waals surface area contributed by atoms with E-state index in [9.17, 15) is 14.0 Å². The molecule has 7 heteroatoms. The number of amides is 2. The van der Waals surface area contributed by atoms with Crippen molar-refractivity contribution in [2.75, 3.05) is 19.1 Å². The fraction of sp³-hybridized carbons (Fsp3) is 0.200. The second-order valence-electron chi connectivity index (χ2n) is 9.23. The first-order valence-corrected chi connectivity index (χ1v) is 12.2. The van der Waals surface area contributed by atoms with Gasteiger partial charge in [-0.05, 0) is 71.7 Å². The maximum Gasteiger partial charge on any atom is 0.249 e. The van der Waals surface area contributed by atoms with Gasteiger partial charge in [0.2, 0.25) is 11.8 Å². The van der Waals surface area contributed by atoms with Crippen LogP contribution in [0.1, 0.15) is 22.4 Å². The largest absolute Gasteiger partial charge is 0.497 e. The minimum absolute atomic E-state index is 0.0107. The van der Waals surface area contributed by atoms with E-state index in [4.69, 9.17) is 4.74 Å². The van der Waals surface area contributed by atoms with E-state index >= 15 is 0 Å². The number of allylic oxidation sites excluding steroid dienone is 1. The molecular formula is C30H28FN3O3. The molecule has 1 aliphatic rings. The van der Waals surface area contributed by atoms with Crippen LogP contribution in [0.15, 0.2) is 72.8 Å². The minimum Gasteiger partial charge on any atom is -0.497 e. The van der Waals surface area contributed by atoms with Gasteiger partial charge in [-0.2, -0.15) is 0 Å². The van der Waals surface area contributed by atoms with Gasteiger partial charge in [0.1, 0.15) is 17.6 Å². The number of hydrogen-bond donors (Lipinski definition) is 2. The number of aromatic nitrogens is 1. The van der Waals surface area contributed by atoms with Crippen molar-refractivity contribution in [2.45, 2.75) is 25.3 Å². The first kappa shape index (κ1) is 24.3. The molecule has 1 unspecified atom stereocenters. The highest BCUT2D eigenvalue weighted by Crippen LogP contribution is 2.26. The predicted molar refractivity (Wildman–Crippen MR) is 143 cm³/mol. The predicted octanol–water partition coefficient (Wildman–Crippen LogP) is 4.82. The van der Waals surface area contributed by atoms with Crippen LogP contribution in [0.4, 0.5) is 10.1 Å². The second kappa shape index (κ2) is 10.3. The standard InChI is InChI=1S/C30H28FN3O3/c1-34(22-10-12-23(37-2)13-11-22)30(36)28-16-20-7-3-5-19(15-20)6-4-8-26-25(18-29(35)33-28)24-17-21(31)9-14-27(24)32-26/h3-5,7-15,17,28,32H,6,16,18H2,1-2H3,(H,33,35)/b8-4-. The van der Waals surface area contributed by atoms with Crippen LogP contribution < -0.4 is 15.0 Å². The molecule has 4 aromatic rings. The molecule has 2 bridgehead atoms. The van der Waals surface area contributed by atoms with Gasteiger partial charge in [0.25, 0.3) is 0 Å². The number of anilines is 1. The van der Waals surface area contributed by atoms with Crippen molar-refractivity contribution in [1.29, 1.82) is 0 Å². The molecule has 37 heavy (non-hydrogen) atoms. The number of carbonyl (C=O) groups is 2. The van der Waals surface area contributed by atoms with Crippen molar-refractivity contribution in [3.8, 4) is 5.75 Å². The molecule has 6 nitrogen and oxygen atoms in total. The third-order valence-electron chi connectivity index (χ3n) is 6.73. The summed E-state index contributed by atoms with van der Waals surface area (Å²) in [5.74, 6) is -0.220. The van der Waals surface area contributed by atoms with Gasteiger partial charge in [-0.25, -0.2) is 4.39 Å². The summed E-state index contributed by atoms with van der Waals surface area (Å²) in [5, 5.41) is 3.62. The number of nitrogens with zero attached hydrogens (tertiary/aromatic N) is 1. The van der Waals surface area contributed by atoms with Crippen molar-refractivity contribution in [1.82, 2.24) is 10.3 Å². The van der Waals surface area contributed by atoms with E-state index < -0.39 is 6.04 Å². The number of nitrogens with one attached hydrogen (secondary N) is 2. The summed E-state index contributed by atoms with van der Waals surface area (Å²) in [7, 11) is 3.28. The van der Waals surface area contributed by atoms with Gasteiger partial charge >= 0.3 is 0 Å². The van der Waals surface area contributed by atoms with Crippen LogP contribution in [0, 0.1) is 5.82 Å². The number of carbonyl (C=O) groups excluding carboxylic acids is 2. The monoisotopic (exact) mass is 497 g/mol. The number of aromatic amines is 1. The minimum atomic E-state index is -0.783. The lowest BCUT2D eigenvalue weighted by atomic mass is 10.0. The van der Waals surface area contributed by atoms with Crippen LogP contribution in [-0.4, -0.2) is 37.0 Å². The molecule has 0 spiro atoms. The van der Waals surface area contributed by atoms with Crippen molar-refractivity contribution in [3.63, 3.8) is 0 Å². The fourth-order valence-electron chi connectivity index (χ4n) is 4.78. The Morgan fingerprint density at radius 3 is 2.62 bits per heavy atom. The highest BCUT2D eigenvalue weighted by molar-refractivity contribution is 6.00. The van der Waals surface area contributed by atoms with E-state index in [1.165, 1.54) is 12.1 Å². The molecule has 1 aliphatic heterocycles. The Hall–Kier alpha value is -4.39. The lowest BCUT2D eigenvalue weighted by Crippen LogP contribution is -2.49. The van der Waals surface area contributed by atoms with E-state index in [1.807, 2.05) is 30.4 Å². The van der Waals surface area contributed by atoms with Gasteiger partial charge in [-0.1, -0.05) is 30.3 Å².